The molecule has 1 N–H and O–H groups in total. The van der Waals surface area contributed by atoms with Crippen LogP contribution in [0.2, 0.25) is 0 Å². The minimum absolute atomic E-state index is 0.222. The Labute approximate surface area is 134 Å². The van der Waals surface area contributed by atoms with Gasteiger partial charge in [0.1, 0.15) is 11.5 Å². The lowest BCUT2D eigenvalue weighted by Crippen LogP contribution is -2.15. The molecule has 0 bridgehead atoms. The topological polar surface area (TPSA) is 29.1 Å². The van der Waals surface area contributed by atoms with Crippen LogP contribution in [0.15, 0.2) is 34.8 Å². The fourth-order valence-corrected chi connectivity index (χ4v) is 2.43. The third-order valence-corrected chi connectivity index (χ3v) is 3.78. The average molecular weight is 456 g/mol. The molecular formula is C13H6BrF3INO. The molecule has 0 aliphatic heterocycles. The Kier molecular flexibility index (Phi) is 4.69. The molecule has 2 aromatic carbocycles. The summed E-state index contributed by atoms with van der Waals surface area (Å²) in [5, 5.41) is 2.10. The van der Waals surface area contributed by atoms with Crippen LogP contribution in [0.5, 0.6) is 0 Å². The van der Waals surface area contributed by atoms with E-state index in [1.807, 2.05) is 22.6 Å². The Bertz CT molecular complexity index is 670. The molecule has 1 amide bonds. The molecule has 0 aliphatic carbocycles. The summed E-state index contributed by atoms with van der Waals surface area (Å²) in [5.41, 5.74) is -0.456. The molecule has 0 aliphatic rings. The molecule has 0 spiro atoms. The standard InChI is InChI=1S/C13H6BrF3INO/c14-9-2-1-7(18)5-8(9)13(20)19-12-10(16)3-6(15)4-11(12)17/h1-5H,(H,19,20). The lowest BCUT2D eigenvalue weighted by atomic mass is 10.2. The number of anilines is 1. The molecule has 0 unspecified atom stereocenters. The van der Waals surface area contributed by atoms with E-state index in [0.29, 0.717) is 16.6 Å². The van der Waals surface area contributed by atoms with Crippen LogP contribution in [-0.4, -0.2) is 5.91 Å². The van der Waals surface area contributed by atoms with Crippen LogP contribution in [-0.2, 0) is 0 Å². The molecule has 0 saturated carbocycles. The fourth-order valence-electron chi connectivity index (χ4n) is 1.51. The van der Waals surface area contributed by atoms with Gasteiger partial charge < -0.3 is 5.32 Å². The molecule has 0 atom stereocenters. The van der Waals surface area contributed by atoms with Crippen molar-refractivity contribution in [2.45, 2.75) is 0 Å². The summed E-state index contributed by atoms with van der Waals surface area (Å²) in [7, 11) is 0. The quantitative estimate of drug-likeness (QED) is 0.652. The number of hydrogen-bond donors (Lipinski definition) is 1. The van der Waals surface area contributed by atoms with E-state index in [9.17, 15) is 18.0 Å². The number of carbonyl (C=O) groups excluding carboxylic acids is 1. The number of benzene rings is 2. The predicted molar refractivity (Wildman–Crippen MR) is 81.1 cm³/mol. The van der Waals surface area contributed by atoms with E-state index in [4.69, 9.17) is 0 Å². The van der Waals surface area contributed by atoms with E-state index in [2.05, 4.69) is 21.2 Å². The number of nitrogens with one attached hydrogen (secondary N) is 1. The van der Waals surface area contributed by atoms with Gasteiger partial charge in [-0.3, -0.25) is 4.79 Å². The molecule has 2 nitrogen and oxygen atoms in total. The zero-order chi connectivity index (χ0) is 14.9. The van der Waals surface area contributed by atoms with E-state index < -0.39 is 29.0 Å². The van der Waals surface area contributed by atoms with Crippen molar-refractivity contribution in [3.05, 3.63) is 61.4 Å². The predicted octanol–water partition coefficient (Wildman–Crippen LogP) is 4.72. The van der Waals surface area contributed by atoms with E-state index in [1.165, 1.54) is 0 Å². The Hall–Kier alpha value is -1.09. The minimum Gasteiger partial charge on any atom is -0.317 e. The molecule has 2 aromatic rings. The smallest absolute Gasteiger partial charge is 0.257 e. The Morgan fingerprint density at radius 2 is 1.70 bits per heavy atom. The summed E-state index contributed by atoms with van der Waals surface area (Å²) in [6, 6.07) is 5.97. The van der Waals surface area contributed by atoms with Crippen LogP contribution >= 0.6 is 38.5 Å². The molecule has 104 valence electrons. The molecule has 0 aromatic heterocycles. The molecule has 0 saturated heterocycles. The molecule has 20 heavy (non-hydrogen) atoms. The third kappa shape index (κ3) is 3.32. The van der Waals surface area contributed by atoms with Crippen molar-refractivity contribution in [1.82, 2.24) is 0 Å². The van der Waals surface area contributed by atoms with Gasteiger partial charge in [0.2, 0.25) is 0 Å². The van der Waals surface area contributed by atoms with Crippen molar-refractivity contribution in [3.63, 3.8) is 0 Å². The highest BCUT2D eigenvalue weighted by Crippen LogP contribution is 2.24. The van der Waals surface area contributed by atoms with Gasteiger partial charge in [-0.1, -0.05) is 0 Å². The second-order valence-corrected chi connectivity index (χ2v) is 5.92. The van der Waals surface area contributed by atoms with Gasteiger partial charge in [0.05, 0.1) is 5.56 Å². The van der Waals surface area contributed by atoms with Crippen LogP contribution in [0, 0.1) is 21.0 Å². The van der Waals surface area contributed by atoms with Crippen molar-refractivity contribution < 1.29 is 18.0 Å². The van der Waals surface area contributed by atoms with Gasteiger partial charge in [-0.2, -0.15) is 0 Å². The molecule has 0 fully saturated rings. The maximum atomic E-state index is 13.5. The van der Waals surface area contributed by atoms with E-state index in [1.54, 1.807) is 18.2 Å². The summed E-state index contributed by atoms with van der Waals surface area (Å²) in [6.07, 6.45) is 0. The van der Waals surface area contributed by atoms with Crippen molar-refractivity contribution in [2.75, 3.05) is 5.32 Å². The largest absolute Gasteiger partial charge is 0.317 e. The molecule has 7 heteroatoms. The van der Waals surface area contributed by atoms with Crippen LogP contribution in [0.4, 0.5) is 18.9 Å². The number of carbonyl (C=O) groups is 1. The molecule has 0 radical (unpaired) electrons. The van der Waals surface area contributed by atoms with Crippen LogP contribution in [0.25, 0.3) is 0 Å². The van der Waals surface area contributed by atoms with Gasteiger partial charge in [-0.15, -0.1) is 0 Å². The first kappa shape index (κ1) is 15.3. The van der Waals surface area contributed by atoms with E-state index in [0.717, 1.165) is 3.57 Å². The highest BCUT2D eigenvalue weighted by molar-refractivity contribution is 14.1. The number of halogens is 5. The van der Waals surface area contributed by atoms with Crippen LogP contribution < -0.4 is 5.32 Å². The second kappa shape index (κ2) is 6.13. The Balaban J connectivity index is 2.35. The van der Waals surface area contributed by atoms with Gasteiger partial charge in [-0.05, 0) is 56.7 Å². The number of rotatable bonds is 2. The first-order valence-electron chi connectivity index (χ1n) is 5.29. The summed E-state index contributed by atoms with van der Waals surface area (Å²) < 4.78 is 41.0. The lowest BCUT2D eigenvalue weighted by Gasteiger charge is -2.09. The maximum absolute atomic E-state index is 13.5. The van der Waals surface area contributed by atoms with Gasteiger partial charge >= 0.3 is 0 Å². The second-order valence-electron chi connectivity index (χ2n) is 3.82. The summed E-state index contributed by atoms with van der Waals surface area (Å²) in [5.74, 6) is -4.08. The van der Waals surface area contributed by atoms with Gasteiger partial charge in [-0.25, -0.2) is 13.2 Å². The fraction of sp³-hybridized carbons (Fsp3) is 0. The Morgan fingerprint density at radius 3 is 2.30 bits per heavy atom. The number of hydrogen-bond acceptors (Lipinski definition) is 1. The van der Waals surface area contributed by atoms with Crippen LogP contribution in [0.3, 0.4) is 0 Å². The third-order valence-electron chi connectivity index (χ3n) is 2.42. The monoisotopic (exact) mass is 455 g/mol. The van der Waals surface area contributed by atoms with Crippen molar-refractivity contribution in [2.24, 2.45) is 0 Å². The summed E-state index contributed by atoms with van der Waals surface area (Å²) in [4.78, 5) is 12.0. The highest BCUT2D eigenvalue weighted by Gasteiger charge is 2.17. The minimum atomic E-state index is -1.17. The van der Waals surface area contributed by atoms with Gasteiger partial charge in [0.15, 0.2) is 11.6 Å². The van der Waals surface area contributed by atoms with Crippen molar-refractivity contribution >= 4 is 50.1 Å². The zero-order valence-corrected chi connectivity index (χ0v) is 13.4. The van der Waals surface area contributed by atoms with E-state index in [-0.39, 0.29) is 5.56 Å². The van der Waals surface area contributed by atoms with Crippen molar-refractivity contribution in [1.29, 1.82) is 0 Å². The summed E-state index contributed by atoms with van der Waals surface area (Å²) in [6.45, 7) is 0. The summed E-state index contributed by atoms with van der Waals surface area (Å²) >= 11 is 5.19. The lowest BCUT2D eigenvalue weighted by molar-refractivity contribution is 0.102. The van der Waals surface area contributed by atoms with Crippen LogP contribution in [0.1, 0.15) is 10.4 Å². The first-order valence-corrected chi connectivity index (χ1v) is 7.16. The first-order chi connectivity index (χ1) is 9.38. The molecule has 2 rings (SSSR count). The zero-order valence-electron chi connectivity index (χ0n) is 9.68. The average Bonchev–Trinajstić information content (AvgIpc) is 2.36. The highest BCUT2D eigenvalue weighted by atomic mass is 127. The maximum Gasteiger partial charge on any atom is 0.257 e. The van der Waals surface area contributed by atoms with Gasteiger partial charge in [0, 0.05) is 20.2 Å². The van der Waals surface area contributed by atoms with Gasteiger partial charge in [0.25, 0.3) is 5.91 Å². The SMILES string of the molecule is O=C(Nc1c(F)cc(F)cc1F)c1cc(I)ccc1Br. The molecular weight excluding hydrogens is 450 g/mol. The van der Waals surface area contributed by atoms with E-state index >= 15 is 0 Å². The number of amides is 1. The van der Waals surface area contributed by atoms with Crippen molar-refractivity contribution in [3.8, 4) is 0 Å². The molecule has 0 heterocycles. The normalized spacial score (nSPS) is 10.4. The Morgan fingerprint density at radius 1 is 1.10 bits per heavy atom.